The summed E-state index contributed by atoms with van der Waals surface area (Å²) in [6.45, 7) is 0. The van der Waals surface area contributed by atoms with Crippen molar-refractivity contribution in [1.82, 2.24) is 0 Å². The van der Waals surface area contributed by atoms with E-state index in [4.69, 9.17) is 0 Å². The molecule has 5 heteroatoms. The third-order valence-corrected chi connectivity index (χ3v) is 10.4. The first-order chi connectivity index (χ1) is 11.1. The van der Waals surface area contributed by atoms with Crippen LogP contribution in [0.1, 0.15) is 10.4 Å². The maximum Gasteiger partial charge on any atom is 0.335 e. The molecule has 2 nitrogen and oxygen atoms in total. The molecule has 0 fully saturated rings. The predicted octanol–water partition coefficient (Wildman–Crippen LogP) is 0.993. The third-order valence-electron chi connectivity index (χ3n) is 3.67. The van der Waals surface area contributed by atoms with Crippen molar-refractivity contribution in [1.29, 1.82) is 0 Å². The summed E-state index contributed by atoms with van der Waals surface area (Å²) in [6, 6.07) is 27.5. The molecule has 0 heterocycles. The van der Waals surface area contributed by atoms with Gasteiger partial charge in [0, 0.05) is 0 Å². The molecule has 3 aromatic rings. The Bertz CT molecular complexity index is 784. The molecule has 3 rings (SSSR count). The van der Waals surface area contributed by atoms with Gasteiger partial charge in [-0.2, -0.15) is 0 Å². The van der Waals surface area contributed by atoms with Crippen LogP contribution < -0.4 is 32.9 Å². The Kier molecular flexibility index (Phi) is 6.34. The van der Waals surface area contributed by atoms with Crippen molar-refractivity contribution in [3.05, 3.63) is 90.5 Å². The lowest BCUT2D eigenvalue weighted by atomic mass is 10.2. The van der Waals surface area contributed by atoms with Crippen LogP contribution in [0.25, 0.3) is 0 Å². The highest BCUT2D eigenvalue weighted by molar-refractivity contribution is 9.44. The van der Waals surface area contributed by atoms with Gasteiger partial charge in [0.1, 0.15) is 15.9 Å². The van der Waals surface area contributed by atoms with Crippen LogP contribution in [0.5, 0.6) is 0 Å². The van der Waals surface area contributed by atoms with Gasteiger partial charge in [-0.1, -0.05) is 42.5 Å². The average Bonchev–Trinajstić information content (AvgIpc) is 2.62. The normalized spacial score (nSPS) is 10.7. The van der Waals surface area contributed by atoms with Gasteiger partial charge in [-0.3, -0.25) is 0 Å². The van der Waals surface area contributed by atoms with Gasteiger partial charge in [-0.05, 0) is 42.5 Å². The zero-order valence-corrected chi connectivity index (χ0v) is 16.7. The van der Waals surface area contributed by atoms with Crippen molar-refractivity contribution in [2.24, 2.45) is 0 Å². The van der Waals surface area contributed by atoms with E-state index in [0.717, 1.165) is 15.9 Å². The van der Waals surface area contributed by atoms with Crippen molar-refractivity contribution in [2.75, 3.05) is 0 Å². The summed E-state index contributed by atoms with van der Waals surface area (Å²) in [5.74, 6) is -2.95. The summed E-state index contributed by atoms with van der Waals surface area (Å²) in [5.41, 5.74) is 0.304. The maximum atomic E-state index is 11.4. The second-order valence-electron chi connectivity index (χ2n) is 5.12. The Morgan fingerprint density at radius 2 is 1.21 bits per heavy atom. The molecule has 3 aromatic carbocycles. The topological polar surface area (TPSA) is 37.3 Å². The Hall–Kier alpha value is -1.48. The van der Waals surface area contributed by atoms with Crippen molar-refractivity contribution in [2.45, 2.75) is 0 Å². The molecule has 24 heavy (non-hydrogen) atoms. The van der Waals surface area contributed by atoms with Gasteiger partial charge in [0.25, 0.3) is 0 Å². The molecule has 0 atom stereocenters. The van der Waals surface area contributed by atoms with Crippen molar-refractivity contribution in [3.63, 3.8) is 0 Å². The molecule has 1 N–H and O–H groups in total. The fraction of sp³-hybridized carbons (Fsp3) is 0. The maximum absolute atomic E-state index is 11.4. The highest BCUT2D eigenvalue weighted by Gasteiger charge is 2.43. The van der Waals surface area contributed by atoms with E-state index in [1.165, 1.54) is 0 Å². The first-order valence-corrected chi connectivity index (χ1v) is 11.0. The van der Waals surface area contributed by atoms with Crippen LogP contribution in [0.3, 0.4) is 0 Å². The van der Waals surface area contributed by atoms with Crippen molar-refractivity contribution >= 4 is 43.3 Å². The van der Waals surface area contributed by atoms with Gasteiger partial charge in [0.05, 0.1) is 5.56 Å². The molecule has 0 amide bonds. The lowest BCUT2D eigenvalue weighted by molar-refractivity contribution is -0.0000198. The molecule has 0 aliphatic carbocycles. The zero-order chi connectivity index (χ0) is 16.3. The number of benzene rings is 3. The smallest absolute Gasteiger partial charge is 0.335 e. The molecule has 0 unspecified atom stereocenters. The van der Waals surface area contributed by atoms with E-state index in [0.29, 0.717) is 5.56 Å². The van der Waals surface area contributed by atoms with Gasteiger partial charge < -0.3 is 22.1 Å². The summed E-state index contributed by atoms with van der Waals surface area (Å²) in [6.07, 6.45) is 0. The SMILES string of the molecule is O=C(O)c1cccc([P+](Br)(c2ccccc2)c2ccccc2)c1.[Br-]. The van der Waals surface area contributed by atoms with E-state index in [1.807, 2.05) is 42.5 Å². The standard InChI is InChI=1S/C19H14BrO2P.BrH/c20-23(16-9-3-1-4-10-16,17-11-5-2-6-12-17)18-13-7-8-15(14-18)19(21)22;/h1-14H;1H. The van der Waals surface area contributed by atoms with E-state index >= 15 is 0 Å². The van der Waals surface area contributed by atoms with Crippen LogP contribution in [-0.2, 0) is 0 Å². The largest absolute Gasteiger partial charge is 1.00 e. The fourth-order valence-corrected chi connectivity index (χ4v) is 7.29. The van der Waals surface area contributed by atoms with Gasteiger partial charge in [-0.25, -0.2) is 4.79 Å². The molecular weight excluding hydrogens is 451 g/mol. The molecular formula is C19H15Br2O2P. The number of halogens is 2. The van der Waals surface area contributed by atoms with E-state index in [1.54, 1.807) is 18.2 Å². The van der Waals surface area contributed by atoms with Gasteiger partial charge in [0.15, 0.2) is 21.5 Å². The van der Waals surface area contributed by atoms with E-state index in [2.05, 4.69) is 39.8 Å². The van der Waals surface area contributed by atoms with Crippen LogP contribution in [0.4, 0.5) is 0 Å². The summed E-state index contributed by atoms with van der Waals surface area (Å²) in [4.78, 5) is 11.4. The van der Waals surface area contributed by atoms with Crippen LogP contribution in [0, 0.1) is 0 Å². The summed E-state index contributed by atoms with van der Waals surface area (Å²) < 4.78 is 0. The summed E-state index contributed by atoms with van der Waals surface area (Å²) in [7, 11) is 0. The number of carbonyl (C=O) groups is 1. The number of hydrogen-bond donors (Lipinski definition) is 1. The quantitative estimate of drug-likeness (QED) is 0.583. The van der Waals surface area contributed by atoms with E-state index in [9.17, 15) is 9.90 Å². The molecule has 0 radical (unpaired) electrons. The van der Waals surface area contributed by atoms with Crippen LogP contribution in [0.15, 0.2) is 84.9 Å². The number of aromatic carboxylic acids is 1. The fourth-order valence-electron chi connectivity index (χ4n) is 2.54. The van der Waals surface area contributed by atoms with Crippen molar-refractivity contribution in [3.8, 4) is 0 Å². The molecule has 0 aliphatic rings. The summed E-state index contributed by atoms with van der Waals surface area (Å²) in [5, 5.41) is 12.6. The van der Waals surface area contributed by atoms with Gasteiger partial charge in [0.2, 0.25) is 0 Å². The third kappa shape index (κ3) is 3.61. The van der Waals surface area contributed by atoms with Crippen LogP contribution in [0.2, 0.25) is 0 Å². The molecule has 0 aliphatic heterocycles. The Morgan fingerprint density at radius 1 is 0.750 bits per heavy atom. The van der Waals surface area contributed by atoms with Crippen LogP contribution in [-0.4, -0.2) is 11.1 Å². The van der Waals surface area contributed by atoms with Gasteiger partial charge >= 0.3 is 5.97 Å². The Balaban J connectivity index is 0.00000208. The molecule has 0 saturated carbocycles. The minimum atomic E-state index is -2.04. The Morgan fingerprint density at radius 3 is 1.67 bits per heavy atom. The number of hydrogen-bond acceptors (Lipinski definition) is 1. The molecule has 122 valence electrons. The van der Waals surface area contributed by atoms with E-state index < -0.39 is 11.9 Å². The lowest BCUT2D eigenvalue weighted by Crippen LogP contribution is -3.00. The lowest BCUT2D eigenvalue weighted by Gasteiger charge is -2.20. The monoisotopic (exact) mass is 464 g/mol. The van der Waals surface area contributed by atoms with E-state index in [-0.39, 0.29) is 17.0 Å². The molecule has 0 bridgehead atoms. The second kappa shape index (κ2) is 8.06. The first-order valence-electron chi connectivity index (χ1n) is 7.16. The second-order valence-corrected chi connectivity index (χ2v) is 11.0. The highest BCUT2D eigenvalue weighted by atomic mass is 79.9. The zero-order valence-electron chi connectivity index (χ0n) is 12.6. The van der Waals surface area contributed by atoms with Crippen LogP contribution >= 0.6 is 21.5 Å². The van der Waals surface area contributed by atoms with Crippen molar-refractivity contribution < 1.29 is 26.9 Å². The Labute approximate surface area is 160 Å². The number of rotatable bonds is 4. The summed E-state index contributed by atoms with van der Waals surface area (Å²) >= 11 is 4.01. The minimum absolute atomic E-state index is 0. The molecule has 0 saturated heterocycles. The highest BCUT2D eigenvalue weighted by Crippen LogP contribution is 2.62. The average molecular weight is 466 g/mol. The predicted molar refractivity (Wildman–Crippen MR) is 101 cm³/mol. The first kappa shape index (κ1) is 18.9. The molecule has 0 aromatic heterocycles. The minimum Gasteiger partial charge on any atom is -1.00 e. The van der Waals surface area contributed by atoms with Gasteiger partial charge in [-0.15, -0.1) is 0 Å². The molecule has 0 spiro atoms. The number of carboxylic acids is 1. The number of carboxylic acid groups (broad SMARTS) is 1.